The fourth-order valence-corrected chi connectivity index (χ4v) is 9.59. The summed E-state index contributed by atoms with van der Waals surface area (Å²) in [4.78, 5) is 77.1. The largest absolute Gasteiger partial charge is 0.488 e. The zero-order valence-corrected chi connectivity index (χ0v) is 34.0. The molecule has 3 fully saturated rings. The minimum atomic E-state index is -3.78. The second-order valence-corrected chi connectivity index (χ2v) is 18.3. The van der Waals surface area contributed by atoms with Crippen LogP contribution in [0.15, 0.2) is 46.7 Å². The highest BCUT2D eigenvalue weighted by Crippen LogP contribution is 2.45. The Morgan fingerprint density at radius 1 is 1.05 bits per heavy atom. The van der Waals surface area contributed by atoms with Gasteiger partial charge in [0.15, 0.2) is 15.0 Å². The highest BCUT2D eigenvalue weighted by molar-refractivity contribution is 7.91. The molecule has 3 aromatic rings. The number of para-hydroxylation sites is 1. The lowest BCUT2D eigenvalue weighted by Gasteiger charge is -2.29. The van der Waals surface area contributed by atoms with Crippen molar-refractivity contribution in [1.82, 2.24) is 25.5 Å². The van der Waals surface area contributed by atoms with Gasteiger partial charge in [0.2, 0.25) is 17.7 Å². The van der Waals surface area contributed by atoms with Gasteiger partial charge in [-0.25, -0.2) is 28.0 Å². The number of aromatic nitrogens is 2. The normalized spacial score (nSPS) is 26.1. The van der Waals surface area contributed by atoms with Crippen LogP contribution in [0.1, 0.15) is 84.0 Å². The standard InChI is InChI=1S/C40H48N6O10S2/c1-3-33(47)44-38-42-29(22-57-38)28-19-31(26-15-11-17-32(34(26)41-28)58(2,53)54)55-25-18-30-35(48)45-40(37(50)51)20-23(40)12-7-5-4-6-8-16-27(36(49)46(30)21-25)43-39(52)56-24-13-9-10-14-24/h7,11-12,15,17,19,22-25,27,30H,3-6,8-10,13-14,16,18,20-21H2,1-2H3,(H,43,52)(H,45,48)(H,50,51)(H,42,44,47)/b12-7-/t23-,25+,27+,30-,40+/m0/s1. The van der Waals surface area contributed by atoms with Crippen LogP contribution in [0.4, 0.5) is 9.93 Å². The van der Waals surface area contributed by atoms with Crippen LogP contribution in [0.5, 0.6) is 5.75 Å². The van der Waals surface area contributed by atoms with Crippen molar-refractivity contribution in [2.75, 3.05) is 18.1 Å². The van der Waals surface area contributed by atoms with Crippen LogP contribution in [0.25, 0.3) is 22.3 Å². The number of pyridine rings is 1. The van der Waals surface area contributed by atoms with Crippen LogP contribution in [0, 0.1) is 5.92 Å². The highest BCUT2D eigenvalue weighted by atomic mass is 32.2. The molecule has 4 N–H and O–H groups in total. The summed E-state index contributed by atoms with van der Waals surface area (Å²) in [7, 11) is -3.78. The summed E-state index contributed by atoms with van der Waals surface area (Å²) >= 11 is 1.17. The van der Waals surface area contributed by atoms with Gasteiger partial charge >= 0.3 is 12.1 Å². The lowest BCUT2D eigenvalue weighted by Crippen LogP contribution is -2.56. The second kappa shape index (κ2) is 17.0. The smallest absolute Gasteiger partial charge is 0.408 e. The van der Waals surface area contributed by atoms with E-state index in [2.05, 4.69) is 25.9 Å². The molecule has 2 aromatic heterocycles. The molecule has 0 unspecified atom stereocenters. The lowest BCUT2D eigenvalue weighted by atomic mass is 10.0. The van der Waals surface area contributed by atoms with Crippen LogP contribution < -0.4 is 20.7 Å². The summed E-state index contributed by atoms with van der Waals surface area (Å²) in [6.07, 6.45) is 10.0. The van der Waals surface area contributed by atoms with Gasteiger partial charge in [0.1, 0.15) is 41.3 Å². The number of rotatable bonds is 9. The van der Waals surface area contributed by atoms with Gasteiger partial charge in [-0.3, -0.25) is 14.4 Å². The SMILES string of the molecule is CCC(=O)Nc1nc(-c2cc(O[C@@H]3C[C@H]4C(=O)N[C@]5(C(=O)O)C[C@@H]5/C=C\CCCCC[C@@H](NC(=O)OC5CCCC5)C(=O)N4C3)c3cccc(S(C)(=O)=O)c3n2)cs1. The van der Waals surface area contributed by atoms with E-state index in [0.717, 1.165) is 44.8 Å². The molecule has 4 amide bonds. The molecule has 18 heteroatoms. The van der Waals surface area contributed by atoms with Crippen molar-refractivity contribution < 1.29 is 47.0 Å². The Kier molecular flexibility index (Phi) is 12.0. The number of ether oxygens (including phenoxy) is 2. The number of carboxylic acids is 1. The maximum absolute atomic E-state index is 14.6. The molecule has 2 aliphatic heterocycles. The summed E-state index contributed by atoms with van der Waals surface area (Å²) in [5.74, 6) is -2.79. The minimum absolute atomic E-state index is 0.0398. The fraction of sp³-hybridized carbons (Fsp3) is 0.525. The molecule has 5 atom stereocenters. The van der Waals surface area contributed by atoms with E-state index in [1.165, 1.54) is 22.3 Å². The molecule has 7 rings (SSSR count). The average molecular weight is 837 g/mol. The Labute approximate surface area is 340 Å². The number of allylic oxidation sites excluding steroid dienone is 1. The van der Waals surface area contributed by atoms with Crippen molar-refractivity contribution in [2.45, 2.75) is 119 Å². The number of aliphatic carboxylic acids is 1. The average Bonchev–Trinajstić information content (AvgIpc) is 3.61. The molecule has 2 saturated carbocycles. The van der Waals surface area contributed by atoms with E-state index in [0.29, 0.717) is 35.5 Å². The van der Waals surface area contributed by atoms with Crippen LogP contribution in [0.3, 0.4) is 0 Å². The molecule has 1 saturated heterocycles. The summed E-state index contributed by atoms with van der Waals surface area (Å²) < 4.78 is 38.2. The maximum atomic E-state index is 14.6. The first-order valence-corrected chi connectivity index (χ1v) is 22.6. The Morgan fingerprint density at radius 2 is 1.83 bits per heavy atom. The van der Waals surface area contributed by atoms with E-state index >= 15 is 0 Å². The Morgan fingerprint density at radius 3 is 2.57 bits per heavy atom. The van der Waals surface area contributed by atoms with Crippen molar-refractivity contribution in [3.63, 3.8) is 0 Å². The predicted molar refractivity (Wildman–Crippen MR) is 214 cm³/mol. The predicted octanol–water partition coefficient (Wildman–Crippen LogP) is 4.98. The minimum Gasteiger partial charge on any atom is -0.488 e. The van der Waals surface area contributed by atoms with Gasteiger partial charge in [0.25, 0.3) is 0 Å². The molecule has 310 valence electrons. The van der Waals surface area contributed by atoms with Crippen LogP contribution in [0.2, 0.25) is 0 Å². The van der Waals surface area contributed by atoms with Crippen molar-refractivity contribution >= 4 is 67.0 Å². The van der Waals surface area contributed by atoms with E-state index in [-0.39, 0.29) is 59.7 Å². The van der Waals surface area contributed by atoms with Crippen molar-refractivity contribution in [1.29, 1.82) is 0 Å². The third kappa shape index (κ3) is 8.97. The molecule has 4 aliphatic rings. The molecule has 4 heterocycles. The summed E-state index contributed by atoms with van der Waals surface area (Å²) in [6.45, 7) is 1.61. The molecule has 0 bridgehead atoms. The number of carbonyl (C=O) groups excluding carboxylic acids is 4. The Balaban J connectivity index is 1.23. The highest BCUT2D eigenvalue weighted by Gasteiger charge is 2.61. The van der Waals surface area contributed by atoms with Crippen LogP contribution >= 0.6 is 11.3 Å². The van der Waals surface area contributed by atoms with Gasteiger partial charge < -0.3 is 35.4 Å². The number of carboxylic acid groups (broad SMARTS) is 1. The summed E-state index contributed by atoms with van der Waals surface area (Å²) in [5, 5.41) is 20.9. The monoisotopic (exact) mass is 836 g/mol. The van der Waals surface area contributed by atoms with E-state index < -0.39 is 63.4 Å². The van der Waals surface area contributed by atoms with E-state index in [1.807, 2.05) is 12.2 Å². The topological polar surface area (TPSA) is 223 Å². The first-order valence-electron chi connectivity index (χ1n) is 19.8. The van der Waals surface area contributed by atoms with Crippen molar-refractivity contribution in [3.8, 4) is 17.1 Å². The maximum Gasteiger partial charge on any atom is 0.408 e. The Hall–Kier alpha value is -5.10. The van der Waals surface area contributed by atoms with E-state index in [1.54, 1.807) is 30.5 Å². The lowest BCUT2D eigenvalue weighted by molar-refractivity contribution is -0.145. The number of thiazole rings is 1. The van der Waals surface area contributed by atoms with Gasteiger partial charge in [-0.05, 0) is 63.5 Å². The van der Waals surface area contributed by atoms with Crippen molar-refractivity contribution in [3.05, 3.63) is 41.8 Å². The Bertz CT molecular complexity index is 2240. The van der Waals surface area contributed by atoms with Gasteiger partial charge in [-0.2, -0.15) is 0 Å². The number of nitrogens with one attached hydrogen (secondary N) is 3. The van der Waals surface area contributed by atoms with Gasteiger partial charge in [-0.1, -0.05) is 38.0 Å². The quantitative estimate of drug-likeness (QED) is 0.210. The fourth-order valence-electron chi connectivity index (χ4n) is 8.04. The number of carbonyl (C=O) groups is 5. The third-order valence-corrected chi connectivity index (χ3v) is 13.2. The molecule has 1 aromatic carbocycles. The van der Waals surface area contributed by atoms with Gasteiger partial charge in [0.05, 0.1) is 22.7 Å². The molecular weight excluding hydrogens is 789 g/mol. The van der Waals surface area contributed by atoms with E-state index in [9.17, 15) is 37.5 Å². The number of amides is 4. The molecule has 2 aliphatic carbocycles. The molecule has 58 heavy (non-hydrogen) atoms. The number of hydrogen-bond acceptors (Lipinski definition) is 12. The number of benzene rings is 1. The summed E-state index contributed by atoms with van der Waals surface area (Å²) in [5.41, 5.74) is -0.793. The number of sulfone groups is 1. The third-order valence-electron chi connectivity index (χ3n) is 11.3. The van der Waals surface area contributed by atoms with E-state index in [4.69, 9.17) is 9.47 Å². The van der Waals surface area contributed by atoms with Crippen molar-refractivity contribution in [2.24, 2.45) is 5.92 Å². The number of fused-ring (bicyclic) bond motifs is 3. The number of alkyl carbamates (subject to hydrolysis) is 1. The van der Waals surface area contributed by atoms with Crippen LogP contribution in [-0.2, 0) is 33.8 Å². The molecular formula is C40H48N6O10S2. The first-order chi connectivity index (χ1) is 27.8. The summed E-state index contributed by atoms with van der Waals surface area (Å²) in [6, 6.07) is 4.06. The number of nitrogens with zero attached hydrogens (tertiary/aromatic N) is 3. The molecule has 0 radical (unpaired) electrons. The molecule has 0 spiro atoms. The zero-order valence-electron chi connectivity index (χ0n) is 32.4. The first kappa shape index (κ1) is 41.1. The number of anilines is 1. The number of hydrogen-bond donors (Lipinski definition) is 4. The second-order valence-electron chi connectivity index (χ2n) is 15.5. The zero-order chi connectivity index (χ0) is 41.2. The van der Waals surface area contributed by atoms with Gasteiger partial charge in [-0.15, -0.1) is 11.3 Å². The van der Waals surface area contributed by atoms with Crippen LogP contribution in [-0.4, -0.2) is 101 Å². The van der Waals surface area contributed by atoms with Gasteiger partial charge in [0, 0.05) is 41.8 Å². The molecule has 16 nitrogen and oxygen atoms in total.